The number of nitrogens with one attached hydrogen (secondary N) is 1. The number of nitrogens with zero attached hydrogens (tertiary/aromatic N) is 4. The van der Waals surface area contributed by atoms with Gasteiger partial charge in [-0.1, -0.05) is 30.3 Å². The highest BCUT2D eigenvalue weighted by Gasteiger charge is 2.33. The van der Waals surface area contributed by atoms with E-state index in [9.17, 15) is 8.42 Å². The Morgan fingerprint density at radius 1 is 1.16 bits per heavy atom. The molecule has 0 radical (unpaired) electrons. The van der Waals surface area contributed by atoms with Gasteiger partial charge in [0, 0.05) is 44.4 Å². The topological polar surface area (TPSA) is 72.5 Å². The minimum atomic E-state index is -3.65. The summed E-state index contributed by atoms with van der Waals surface area (Å²) in [5.41, 5.74) is 3.71. The number of benzene rings is 2. The Kier molecular flexibility index (Phi) is 6.36. The molecule has 4 rings (SSSR count). The summed E-state index contributed by atoms with van der Waals surface area (Å²) < 4.78 is 29.7. The molecular weight excluding hydrogens is 478 g/mol. The predicted molar refractivity (Wildman–Crippen MR) is 127 cm³/mol. The van der Waals surface area contributed by atoms with Crippen LogP contribution < -0.4 is 9.80 Å². The molecule has 164 valence electrons. The van der Waals surface area contributed by atoms with Gasteiger partial charge in [-0.25, -0.2) is 13.4 Å². The third-order valence-corrected chi connectivity index (χ3v) is 8.06. The fraction of sp³-hybridized carbons (Fsp3) is 0.318. The minimum Gasteiger partial charge on any atom is -0.377 e. The number of rotatable bonds is 6. The molecular formula is C22H26BrN5O2S. The first-order chi connectivity index (χ1) is 14.9. The second-order valence-electron chi connectivity index (χ2n) is 7.80. The van der Waals surface area contributed by atoms with E-state index >= 15 is 0 Å². The maximum Gasteiger partial charge on any atom is 0.245 e. The van der Waals surface area contributed by atoms with Gasteiger partial charge in [0.05, 0.1) is 29.9 Å². The van der Waals surface area contributed by atoms with Gasteiger partial charge in [-0.3, -0.25) is 0 Å². The van der Waals surface area contributed by atoms with Crippen molar-refractivity contribution in [3.05, 3.63) is 70.7 Å². The lowest BCUT2D eigenvalue weighted by atomic mass is 10.1. The van der Waals surface area contributed by atoms with Gasteiger partial charge >= 0.3 is 0 Å². The Bertz CT molecular complexity index is 1130. The van der Waals surface area contributed by atoms with Crippen molar-refractivity contribution in [2.24, 2.45) is 0 Å². The van der Waals surface area contributed by atoms with E-state index in [4.69, 9.17) is 0 Å². The SMILES string of the molecule is CN(C)c1cc2c(cc1Br)S(=O)(=O)N(CCc1ccccc1)CCN2Cc1cnc[nH]1. The number of aromatic amines is 1. The Labute approximate surface area is 191 Å². The van der Waals surface area contributed by atoms with Crippen LogP contribution in [0.1, 0.15) is 11.3 Å². The summed E-state index contributed by atoms with van der Waals surface area (Å²) in [5.74, 6) is 0. The van der Waals surface area contributed by atoms with E-state index in [1.807, 2.05) is 55.4 Å². The van der Waals surface area contributed by atoms with Crippen LogP contribution in [0.5, 0.6) is 0 Å². The molecule has 0 atom stereocenters. The lowest BCUT2D eigenvalue weighted by molar-refractivity contribution is 0.422. The monoisotopic (exact) mass is 503 g/mol. The Hall–Kier alpha value is -2.36. The van der Waals surface area contributed by atoms with Gasteiger partial charge in [0.2, 0.25) is 10.0 Å². The molecule has 0 spiro atoms. The fourth-order valence-corrected chi connectivity index (χ4v) is 6.31. The lowest BCUT2D eigenvalue weighted by Gasteiger charge is -2.25. The molecule has 0 unspecified atom stereocenters. The molecule has 0 fully saturated rings. The van der Waals surface area contributed by atoms with E-state index in [0.29, 0.717) is 43.2 Å². The molecule has 1 aromatic heterocycles. The zero-order chi connectivity index (χ0) is 22.0. The van der Waals surface area contributed by atoms with Gasteiger partial charge in [-0.15, -0.1) is 0 Å². The maximum atomic E-state index is 13.7. The third kappa shape index (κ3) is 4.63. The van der Waals surface area contributed by atoms with Crippen LogP contribution in [-0.2, 0) is 23.0 Å². The molecule has 0 amide bonds. The van der Waals surface area contributed by atoms with Crippen LogP contribution in [-0.4, -0.2) is 56.4 Å². The highest BCUT2D eigenvalue weighted by atomic mass is 79.9. The predicted octanol–water partition coefficient (Wildman–Crippen LogP) is 3.49. The van der Waals surface area contributed by atoms with Gasteiger partial charge < -0.3 is 14.8 Å². The van der Waals surface area contributed by atoms with Crippen molar-refractivity contribution in [3.8, 4) is 0 Å². The lowest BCUT2D eigenvalue weighted by Crippen LogP contribution is -2.36. The van der Waals surface area contributed by atoms with Gasteiger partial charge in [0.25, 0.3) is 0 Å². The first-order valence-electron chi connectivity index (χ1n) is 10.1. The van der Waals surface area contributed by atoms with Crippen LogP contribution >= 0.6 is 15.9 Å². The van der Waals surface area contributed by atoms with E-state index in [1.165, 1.54) is 0 Å². The first-order valence-corrected chi connectivity index (χ1v) is 12.4. The van der Waals surface area contributed by atoms with Crippen molar-refractivity contribution in [1.29, 1.82) is 0 Å². The van der Waals surface area contributed by atoms with Crippen molar-refractivity contribution in [2.75, 3.05) is 43.5 Å². The summed E-state index contributed by atoms with van der Waals surface area (Å²) >= 11 is 3.57. The van der Waals surface area contributed by atoms with Gasteiger partial charge in [-0.2, -0.15) is 4.31 Å². The molecule has 0 bridgehead atoms. The molecule has 0 saturated heterocycles. The summed E-state index contributed by atoms with van der Waals surface area (Å²) in [6, 6.07) is 13.7. The molecule has 1 aliphatic heterocycles. The van der Waals surface area contributed by atoms with Crippen LogP contribution in [0, 0.1) is 0 Å². The van der Waals surface area contributed by atoms with Crippen LogP contribution in [0.3, 0.4) is 0 Å². The van der Waals surface area contributed by atoms with Crippen LogP contribution in [0.15, 0.2) is 64.4 Å². The number of anilines is 2. The Morgan fingerprint density at radius 3 is 2.61 bits per heavy atom. The van der Waals surface area contributed by atoms with Gasteiger partial charge in [0.1, 0.15) is 4.90 Å². The molecule has 1 N–H and O–H groups in total. The van der Waals surface area contributed by atoms with E-state index in [0.717, 1.165) is 21.4 Å². The third-order valence-electron chi connectivity index (χ3n) is 5.50. The number of hydrogen-bond donors (Lipinski definition) is 1. The number of fused-ring (bicyclic) bond motifs is 1. The molecule has 31 heavy (non-hydrogen) atoms. The van der Waals surface area contributed by atoms with Crippen LogP contribution in [0.4, 0.5) is 11.4 Å². The van der Waals surface area contributed by atoms with Crippen molar-refractivity contribution in [2.45, 2.75) is 17.9 Å². The summed E-state index contributed by atoms with van der Waals surface area (Å²) in [6.07, 6.45) is 4.09. The number of aromatic nitrogens is 2. The smallest absolute Gasteiger partial charge is 0.245 e. The first kappa shape index (κ1) is 21.9. The molecule has 7 nitrogen and oxygen atoms in total. The Morgan fingerprint density at radius 2 is 1.94 bits per heavy atom. The van der Waals surface area contributed by atoms with Gasteiger partial charge in [-0.05, 0) is 40.0 Å². The summed E-state index contributed by atoms with van der Waals surface area (Å²) in [4.78, 5) is 11.7. The molecule has 2 aromatic carbocycles. The molecule has 1 aliphatic rings. The normalized spacial score (nSPS) is 16.0. The quantitative estimate of drug-likeness (QED) is 0.557. The highest BCUT2D eigenvalue weighted by molar-refractivity contribution is 9.10. The van der Waals surface area contributed by atoms with Crippen molar-refractivity contribution >= 4 is 37.3 Å². The number of halogens is 1. The second kappa shape index (κ2) is 9.02. The minimum absolute atomic E-state index is 0.329. The summed E-state index contributed by atoms with van der Waals surface area (Å²) in [5, 5.41) is 0. The number of sulfonamides is 1. The van der Waals surface area contributed by atoms with E-state index in [2.05, 4.69) is 30.8 Å². The van der Waals surface area contributed by atoms with E-state index < -0.39 is 10.0 Å². The van der Waals surface area contributed by atoms with Crippen molar-refractivity contribution in [1.82, 2.24) is 14.3 Å². The average Bonchev–Trinajstić information content (AvgIpc) is 3.23. The van der Waals surface area contributed by atoms with E-state index in [1.54, 1.807) is 22.9 Å². The van der Waals surface area contributed by atoms with Crippen molar-refractivity contribution in [3.63, 3.8) is 0 Å². The van der Waals surface area contributed by atoms with Crippen LogP contribution in [0.2, 0.25) is 0 Å². The zero-order valence-electron chi connectivity index (χ0n) is 17.6. The van der Waals surface area contributed by atoms with Crippen molar-refractivity contribution < 1.29 is 8.42 Å². The number of imidazole rings is 1. The zero-order valence-corrected chi connectivity index (χ0v) is 20.0. The van der Waals surface area contributed by atoms with Crippen LogP contribution in [0.25, 0.3) is 0 Å². The molecule has 9 heteroatoms. The largest absolute Gasteiger partial charge is 0.377 e. The summed E-state index contributed by atoms with van der Waals surface area (Å²) in [6.45, 7) is 2.02. The number of H-pyrrole nitrogens is 1. The second-order valence-corrected chi connectivity index (χ2v) is 10.6. The molecule has 3 aromatic rings. The Balaban J connectivity index is 1.73. The highest BCUT2D eigenvalue weighted by Crippen LogP contribution is 2.39. The number of hydrogen-bond acceptors (Lipinski definition) is 5. The summed E-state index contributed by atoms with van der Waals surface area (Å²) in [7, 11) is 0.246. The molecule has 2 heterocycles. The average molecular weight is 504 g/mol. The molecule has 0 aliphatic carbocycles. The maximum absolute atomic E-state index is 13.7. The standard InChI is InChI=1S/C22H26BrN5O2S/c1-26(2)20-13-21-22(12-19(20)23)31(29,30)28(9-8-17-6-4-3-5-7-17)11-10-27(21)15-18-14-24-16-25-18/h3-7,12-14,16H,8-11,15H2,1-2H3,(H,24,25). The molecule has 0 saturated carbocycles. The van der Waals surface area contributed by atoms with E-state index in [-0.39, 0.29) is 0 Å². The van der Waals surface area contributed by atoms with Gasteiger partial charge in [0.15, 0.2) is 0 Å². The fourth-order valence-electron chi connectivity index (χ4n) is 3.81.